The SMILES string of the molecule is OCCOCCCNCc1ccc(SC(F)(F)F)cc1. The maximum Gasteiger partial charge on any atom is 0.446 e. The molecule has 0 fully saturated rings. The predicted molar refractivity (Wildman–Crippen MR) is 72.6 cm³/mol. The first-order valence-corrected chi connectivity index (χ1v) is 7.07. The third kappa shape index (κ3) is 8.42. The molecule has 3 nitrogen and oxygen atoms in total. The van der Waals surface area contributed by atoms with Crippen molar-refractivity contribution in [2.24, 2.45) is 0 Å². The smallest absolute Gasteiger partial charge is 0.394 e. The Kier molecular flexibility index (Phi) is 7.98. The summed E-state index contributed by atoms with van der Waals surface area (Å²) in [6, 6.07) is 6.31. The number of aliphatic hydroxyl groups is 1. The van der Waals surface area contributed by atoms with Gasteiger partial charge in [-0.05, 0) is 42.4 Å². The zero-order valence-corrected chi connectivity index (χ0v) is 11.8. The van der Waals surface area contributed by atoms with Crippen LogP contribution in [0.4, 0.5) is 13.2 Å². The Hall–Kier alpha value is -0.760. The molecule has 1 aromatic carbocycles. The van der Waals surface area contributed by atoms with Gasteiger partial charge in [0.05, 0.1) is 13.2 Å². The minimum absolute atomic E-state index is 0.0235. The molecule has 0 unspecified atom stereocenters. The van der Waals surface area contributed by atoms with Gasteiger partial charge in [0.15, 0.2) is 0 Å². The summed E-state index contributed by atoms with van der Waals surface area (Å²) in [4.78, 5) is 0.193. The molecule has 0 bridgehead atoms. The summed E-state index contributed by atoms with van der Waals surface area (Å²) in [5.41, 5.74) is -3.30. The minimum atomic E-state index is -4.24. The maximum atomic E-state index is 12.1. The first-order chi connectivity index (χ1) is 9.51. The van der Waals surface area contributed by atoms with Crippen molar-refractivity contribution in [2.45, 2.75) is 23.4 Å². The lowest BCUT2D eigenvalue weighted by Crippen LogP contribution is -2.16. The lowest BCUT2D eigenvalue weighted by atomic mass is 10.2. The molecule has 1 aromatic rings. The van der Waals surface area contributed by atoms with E-state index in [1.54, 1.807) is 12.1 Å². The van der Waals surface area contributed by atoms with E-state index in [0.29, 0.717) is 19.8 Å². The van der Waals surface area contributed by atoms with Gasteiger partial charge in [0.1, 0.15) is 0 Å². The number of hydrogen-bond acceptors (Lipinski definition) is 4. The summed E-state index contributed by atoms with van der Waals surface area (Å²) in [7, 11) is 0. The molecule has 114 valence electrons. The Labute approximate surface area is 120 Å². The molecule has 0 atom stereocenters. The van der Waals surface area contributed by atoms with E-state index >= 15 is 0 Å². The van der Waals surface area contributed by atoms with Gasteiger partial charge in [0, 0.05) is 18.0 Å². The van der Waals surface area contributed by atoms with E-state index in [1.807, 2.05) is 0 Å². The van der Waals surface area contributed by atoms with Crippen LogP contribution in [0.1, 0.15) is 12.0 Å². The standard InChI is InChI=1S/C13H18F3NO2S/c14-13(15,16)20-12-4-2-11(3-5-12)10-17-6-1-8-19-9-7-18/h2-5,17-18H,1,6-10H2. The van der Waals surface area contributed by atoms with Gasteiger partial charge in [0.25, 0.3) is 0 Å². The highest BCUT2D eigenvalue weighted by atomic mass is 32.2. The quantitative estimate of drug-likeness (QED) is 0.544. The third-order valence-electron chi connectivity index (χ3n) is 2.36. The van der Waals surface area contributed by atoms with Crippen LogP contribution in [0.25, 0.3) is 0 Å². The van der Waals surface area contributed by atoms with Crippen LogP contribution in [0.2, 0.25) is 0 Å². The molecule has 0 aliphatic heterocycles. The number of hydrogen-bond donors (Lipinski definition) is 2. The summed E-state index contributed by atoms with van der Waals surface area (Å²) >= 11 is -0.108. The van der Waals surface area contributed by atoms with Gasteiger partial charge in [-0.3, -0.25) is 0 Å². The number of alkyl halides is 3. The number of aliphatic hydroxyl groups excluding tert-OH is 1. The van der Waals surface area contributed by atoms with Crippen molar-refractivity contribution in [3.05, 3.63) is 29.8 Å². The second-order valence-electron chi connectivity index (χ2n) is 4.06. The molecule has 0 aliphatic carbocycles. The van der Waals surface area contributed by atoms with E-state index in [9.17, 15) is 13.2 Å². The molecule has 0 amide bonds. The van der Waals surface area contributed by atoms with Crippen molar-refractivity contribution < 1.29 is 23.0 Å². The molecular formula is C13H18F3NO2S. The molecule has 1 rings (SSSR count). The fraction of sp³-hybridized carbons (Fsp3) is 0.538. The van der Waals surface area contributed by atoms with E-state index < -0.39 is 5.51 Å². The topological polar surface area (TPSA) is 41.5 Å². The van der Waals surface area contributed by atoms with Crippen LogP contribution in [0.15, 0.2) is 29.2 Å². The van der Waals surface area contributed by atoms with Crippen molar-refractivity contribution in [1.29, 1.82) is 0 Å². The van der Waals surface area contributed by atoms with Gasteiger partial charge in [0.2, 0.25) is 0 Å². The number of thioether (sulfide) groups is 1. The number of nitrogens with one attached hydrogen (secondary N) is 1. The van der Waals surface area contributed by atoms with Crippen LogP contribution in [0.5, 0.6) is 0 Å². The molecular weight excluding hydrogens is 291 g/mol. The third-order valence-corrected chi connectivity index (χ3v) is 3.10. The van der Waals surface area contributed by atoms with Crippen LogP contribution in [-0.2, 0) is 11.3 Å². The minimum Gasteiger partial charge on any atom is -0.394 e. The maximum absolute atomic E-state index is 12.1. The van der Waals surface area contributed by atoms with Gasteiger partial charge in [-0.1, -0.05) is 12.1 Å². The van der Waals surface area contributed by atoms with Gasteiger partial charge >= 0.3 is 5.51 Å². The number of ether oxygens (including phenoxy) is 1. The summed E-state index contributed by atoms with van der Waals surface area (Å²) in [6.45, 7) is 2.31. The monoisotopic (exact) mass is 309 g/mol. The molecule has 0 heterocycles. The lowest BCUT2D eigenvalue weighted by Gasteiger charge is -2.08. The number of benzene rings is 1. The van der Waals surface area contributed by atoms with E-state index in [0.717, 1.165) is 18.5 Å². The van der Waals surface area contributed by atoms with Crippen molar-refractivity contribution in [1.82, 2.24) is 5.32 Å². The Morgan fingerprint density at radius 2 is 1.85 bits per heavy atom. The zero-order valence-electron chi connectivity index (χ0n) is 10.9. The Morgan fingerprint density at radius 1 is 1.15 bits per heavy atom. The molecule has 20 heavy (non-hydrogen) atoms. The van der Waals surface area contributed by atoms with Crippen LogP contribution in [0, 0.1) is 0 Å². The van der Waals surface area contributed by atoms with Crippen LogP contribution < -0.4 is 5.32 Å². The number of halogens is 3. The molecule has 2 N–H and O–H groups in total. The predicted octanol–water partition coefficient (Wildman–Crippen LogP) is 2.79. The highest BCUT2D eigenvalue weighted by molar-refractivity contribution is 8.00. The number of rotatable bonds is 9. The largest absolute Gasteiger partial charge is 0.446 e. The molecule has 0 saturated heterocycles. The van der Waals surface area contributed by atoms with E-state index in [2.05, 4.69) is 5.32 Å². The highest BCUT2D eigenvalue weighted by Gasteiger charge is 2.28. The van der Waals surface area contributed by atoms with Crippen LogP contribution in [0.3, 0.4) is 0 Å². The Bertz CT molecular complexity index is 371. The van der Waals surface area contributed by atoms with Gasteiger partial charge in [-0.2, -0.15) is 13.2 Å². The Balaban J connectivity index is 2.18. The Morgan fingerprint density at radius 3 is 2.45 bits per heavy atom. The second kappa shape index (κ2) is 9.23. The van der Waals surface area contributed by atoms with Gasteiger partial charge in [-0.15, -0.1) is 0 Å². The average Bonchev–Trinajstić information content (AvgIpc) is 2.38. The first kappa shape index (κ1) is 17.3. The van der Waals surface area contributed by atoms with Crippen molar-refractivity contribution in [3.8, 4) is 0 Å². The molecule has 0 aliphatic rings. The van der Waals surface area contributed by atoms with Crippen LogP contribution in [-0.4, -0.2) is 37.0 Å². The van der Waals surface area contributed by atoms with Crippen LogP contribution >= 0.6 is 11.8 Å². The molecule has 0 spiro atoms. The van der Waals surface area contributed by atoms with Crippen molar-refractivity contribution >= 4 is 11.8 Å². The first-order valence-electron chi connectivity index (χ1n) is 6.25. The summed E-state index contributed by atoms with van der Waals surface area (Å²) in [5, 5.41) is 11.7. The average molecular weight is 309 g/mol. The fourth-order valence-electron chi connectivity index (χ4n) is 1.51. The zero-order chi connectivity index (χ0) is 14.8. The van der Waals surface area contributed by atoms with Crippen molar-refractivity contribution in [3.63, 3.8) is 0 Å². The molecule has 0 saturated carbocycles. The van der Waals surface area contributed by atoms with Crippen molar-refractivity contribution in [2.75, 3.05) is 26.4 Å². The van der Waals surface area contributed by atoms with E-state index in [1.165, 1.54) is 12.1 Å². The molecule has 0 radical (unpaired) electrons. The fourth-order valence-corrected chi connectivity index (χ4v) is 2.05. The normalized spacial score (nSPS) is 11.8. The highest BCUT2D eigenvalue weighted by Crippen LogP contribution is 2.36. The van der Waals surface area contributed by atoms with Gasteiger partial charge in [-0.25, -0.2) is 0 Å². The summed E-state index contributed by atoms with van der Waals surface area (Å²) in [5.74, 6) is 0. The second-order valence-corrected chi connectivity index (χ2v) is 5.20. The molecule has 0 aromatic heterocycles. The van der Waals surface area contributed by atoms with E-state index in [-0.39, 0.29) is 23.3 Å². The van der Waals surface area contributed by atoms with E-state index in [4.69, 9.17) is 9.84 Å². The molecule has 7 heteroatoms. The van der Waals surface area contributed by atoms with Gasteiger partial charge < -0.3 is 15.2 Å². The lowest BCUT2D eigenvalue weighted by molar-refractivity contribution is -0.0328. The summed E-state index contributed by atoms with van der Waals surface area (Å²) < 4.78 is 41.5. The summed E-state index contributed by atoms with van der Waals surface area (Å²) in [6.07, 6.45) is 0.821.